The van der Waals surface area contributed by atoms with E-state index in [4.69, 9.17) is 9.84 Å². The Balaban J connectivity index is 3.44. The van der Waals surface area contributed by atoms with Crippen molar-refractivity contribution in [1.29, 1.82) is 0 Å². The predicted molar refractivity (Wildman–Crippen MR) is 54.1 cm³/mol. The van der Waals surface area contributed by atoms with Gasteiger partial charge in [-0.05, 0) is 6.92 Å². The summed E-state index contributed by atoms with van der Waals surface area (Å²) in [6, 6.07) is -0.192. The monoisotopic (exact) mass is 204 g/mol. The van der Waals surface area contributed by atoms with Crippen LogP contribution < -0.4 is 5.32 Å². The van der Waals surface area contributed by atoms with E-state index in [1.165, 1.54) is 0 Å². The molecule has 0 rings (SSSR count). The van der Waals surface area contributed by atoms with Gasteiger partial charge in [-0.1, -0.05) is 0 Å². The molecule has 0 aromatic rings. The second-order valence-electron chi connectivity index (χ2n) is 3.24. The van der Waals surface area contributed by atoms with Crippen LogP contribution in [0.1, 0.15) is 6.92 Å². The maximum absolute atomic E-state index is 11.3. The summed E-state index contributed by atoms with van der Waals surface area (Å²) in [7, 11) is 3.45. The van der Waals surface area contributed by atoms with Crippen LogP contribution in [0.25, 0.3) is 0 Å². The van der Waals surface area contributed by atoms with Gasteiger partial charge in [-0.3, -0.25) is 4.79 Å². The van der Waals surface area contributed by atoms with Gasteiger partial charge in [-0.2, -0.15) is 0 Å². The molecule has 0 aliphatic carbocycles. The molecule has 5 heteroatoms. The van der Waals surface area contributed by atoms with Crippen molar-refractivity contribution in [3.8, 4) is 0 Å². The van der Waals surface area contributed by atoms with E-state index in [9.17, 15) is 4.79 Å². The highest BCUT2D eigenvalue weighted by molar-refractivity contribution is 5.80. The van der Waals surface area contributed by atoms with Crippen molar-refractivity contribution in [1.82, 2.24) is 10.2 Å². The predicted octanol–water partition coefficient (Wildman–Crippen LogP) is -0.938. The number of hydrogen-bond donors (Lipinski definition) is 2. The van der Waals surface area contributed by atoms with Crippen LogP contribution in [0.3, 0.4) is 0 Å². The number of aliphatic hydroxyl groups is 1. The van der Waals surface area contributed by atoms with E-state index in [0.717, 1.165) is 0 Å². The lowest BCUT2D eigenvalue weighted by molar-refractivity contribution is -0.130. The van der Waals surface area contributed by atoms with E-state index in [1.807, 2.05) is 6.92 Å². The van der Waals surface area contributed by atoms with Crippen LogP contribution in [0.4, 0.5) is 0 Å². The van der Waals surface area contributed by atoms with Crippen molar-refractivity contribution in [2.45, 2.75) is 13.0 Å². The van der Waals surface area contributed by atoms with Crippen molar-refractivity contribution >= 4 is 5.91 Å². The average Bonchev–Trinajstić information content (AvgIpc) is 2.16. The lowest BCUT2D eigenvalue weighted by atomic mass is 10.3. The minimum atomic E-state index is -0.192. The first kappa shape index (κ1) is 13.4. The van der Waals surface area contributed by atoms with Crippen LogP contribution in [0.5, 0.6) is 0 Å². The number of carbonyl (C=O) groups excluding carboxylic acids is 1. The lowest BCUT2D eigenvalue weighted by Crippen LogP contribution is -2.42. The fourth-order valence-electron chi connectivity index (χ4n) is 0.989. The third-order valence-electron chi connectivity index (χ3n) is 1.74. The van der Waals surface area contributed by atoms with Gasteiger partial charge in [0.15, 0.2) is 0 Å². The van der Waals surface area contributed by atoms with Gasteiger partial charge in [0.25, 0.3) is 0 Å². The Morgan fingerprint density at radius 3 is 2.64 bits per heavy atom. The van der Waals surface area contributed by atoms with Crippen molar-refractivity contribution in [3.63, 3.8) is 0 Å². The molecule has 14 heavy (non-hydrogen) atoms. The lowest BCUT2D eigenvalue weighted by Gasteiger charge is -2.17. The molecule has 0 saturated heterocycles. The number of amides is 1. The van der Waals surface area contributed by atoms with Crippen LogP contribution in [-0.2, 0) is 9.53 Å². The Labute approximate surface area is 85.0 Å². The summed E-state index contributed by atoms with van der Waals surface area (Å²) in [5, 5.41) is 11.5. The quantitative estimate of drug-likeness (QED) is 0.526. The molecule has 0 bridgehead atoms. The minimum absolute atomic E-state index is 0.0339. The second kappa shape index (κ2) is 7.73. The van der Waals surface area contributed by atoms with E-state index in [2.05, 4.69) is 5.32 Å². The number of aliphatic hydroxyl groups excluding tert-OH is 1. The van der Waals surface area contributed by atoms with Crippen LogP contribution in [0.2, 0.25) is 0 Å². The molecule has 1 unspecified atom stereocenters. The average molecular weight is 204 g/mol. The number of likely N-dealkylation sites (N-methyl/N-ethyl adjacent to an activating group) is 1. The number of nitrogens with one attached hydrogen (secondary N) is 1. The summed E-state index contributed by atoms with van der Waals surface area (Å²) in [6.07, 6.45) is 0. The Morgan fingerprint density at radius 2 is 2.14 bits per heavy atom. The molecule has 2 N–H and O–H groups in total. The fourth-order valence-corrected chi connectivity index (χ4v) is 0.989. The fraction of sp³-hybridized carbons (Fsp3) is 0.889. The van der Waals surface area contributed by atoms with Gasteiger partial charge < -0.3 is 20.1 Å². The van der Waals surface area contributed by atoms with Gasteiger partial charge in [0.1, 0.15) is 0 Å². The molecule has 1 amide bonds. The molecule has 0 saturated carbocycles. The maximum atomic E-state index is 11.3. The van der Waals surface area contributed by atoms with E-state index in [1.54, 1.807) is 19.0 Å². The molecule has 0 fully saturated rings. The number of nitrogens with zero attached hydrogens (tertiary/aromatic N) is 1. The molecular weight excluding hydrogens is 184 g/mol. The standard InChI is InChI=1S/C9H20N2O3/c1-8(9(13)11(2)3)10-4-6-14-7-5-12/h8,10,12H,4-7H2,1-3H3. The van der Waals surface area contributed by atoms with Gasteiger partial charge in [-0.25, -0.2) is 0 Å². The maximum Gasteiger partial charge on any atom is 0.238 e. The Kier molecular flexibility index (Phi) is 7.37. The highest BCUT2D eigenvalue weighted by Crippen LogP contribution is 1.87. The molecule has 84 valence electrons. The van der Waals surface area contributed by atoms with E-state index in [0.29, 0.717) is 19.8 Å². The number of hydrogen-bond acceptors (Lipinski definition) is 4. The van der Waals surface area contributed by atoms with E-state index < -0.39 is 0 Å². The number of ether oxygens (including phenoxy) is 1. The Bertz CT molecular complexity index is 162. The highest BCUT2D eigenvalue weighted by Gasteiger charge is 2.12. The summed E-state index contributed by atoms with van der Waals surface area (Å²) in [5.74, 6) is 0.0483. The summed E-state index contributed by atoms with van der Waals surface area (Å²) < 4.78 is 5.04. The third-order valence-corrected chi connectivity index (χ3v) is 1.74. The third kappa shape index (κ3) is 5.90. The largest absolute Gasteiger partial charge is 0.394 e. The molecule has 0 aliphatic rings. The topological polar surface area (TPSA) is 61.8 Å². The van der Waals surface area contributed by atoms with Gasteiger partial charge in [0.2, 0.25) is 5.91 Å². The van der Waals surface area contributed by atoms with E-state index >= 15 is 0 Å². The van der Waals surface area contributed by atoms with Gasteiger partial charge >= 0.3 is 0 Å². The summed E-state index contributed by atoms with van der Waals surface area (Å²) in [5.41, 5.74) is 0. The summed E-state index contributed by atoms with van der Waals surface area (Å²) in [6.45, 7) is 3.31. The molecule has 0 heterocycles. The van der Waals surface area contributed by atoms with Crippen molar-refractivity contribution in [2.75, 3.05) is 40.5 Å². The summed E-state index contributed by atoms with van der Waals surface area (Å²) in [4.78, 5) is 12.9. The second-order valence-corrected chi connectivity index (χ2v) is 3.24. The van der Waals surface area contributed by atoms with Crippen molar-refractivity contribution in [3.05, 3.63) is 0 Å². The smallest absolute Gasteiger partial charge is 0.238 e. The molecule has 5 nitrogen and oxygen atoms in total. The number of carbonyl (C=O) groups is 1. The molecule has 0 spiro atoms. The normalized spacial score (nSPS) is 12.6. The van der Waals surface area contributed by atoms with Gasteiger partial charge in [-0.15, -0.1) is 0 Å². The molecule has 0 radical (unpaired) electrons. The van der Waals surface area contributed by atoms with Crippen LogP contribution in [0.15, 0.2) is 0 Å². The first-order chi connectivity index (χ1) is 6.59. The van der Waals surface area contributed by atoms with Crippen LogP contribution in [-0.4, -0.2) is 62.4 Å². The zero-order chi connectivity index (χ0) is 11.0. The van der Waals surface area contributed by atoms with Gasteiger partial charge in [0, 0.05) is 20.6 Å². The highest BCUT2D eigenvalue weighted by atomic mass is 16.5. The zero-order valence-electron chi connectivity index (χ0n) is 9.12. The molecule has 0 aliphatic heterocycles. The number of rotatable bonds is 7. The first-order valence-corrected chi connectivity index (χ1v) is 4.72. The van der Waals surface area contributed by atoms with Crippen LogP contribution in [0, 0.1) is 0 Å². The van der Waals surface area contributed by atoms with Crippen molar-refractivity contribution < 1.29 is 14.6 Å². The van der Waals surface area contributed by atoms with Crippen LogP contribution >= 0.6 is 0 Å². The molecule has 1 atom stereocenters. The van der Waals surface area contributed by atoms with Crippen molar-refractivity contribution in [2.24, 2.45) is 0 Å². The Hall–Kier alpha value is -0.650. The molecular formula is C9H20N2O3. The molecule has 0 aromatic heterocycles. The minimum Gasteiger partial charge on any atom is -0.394 e. The zero-order valence-corrected chi connectivity index (χ0v) is 9.12. The summed E-state index contributed by atoms with van der Waals surface area (Å²) >= 11 is 0. The molecule has 0 aromatic carbocycles. The SMILES string of the molecule is CC(NCCOCCO)C(=O)N(C)C. The van der Waals surface area contributed by atoms with E-state index in [-0.39, 0.29) is 18.6 Å². The van der Waals surface area contributed by atoms with Gasteiger partial charge in [0.05, 0.1) is 25.9 Å². The Morgan fingerprint density at radius 1 is 1.50 bits per heavy atom. The first-order valence-electron chi connectivity index (χ1n) is 4.72.